The van der Waals surface area contributed by atoms with Crippen molar-refractivity contribution in [2.24, 2.45) is 5.92 Å². The number of halogens is 1. The van der Waals surface area contributed by atoms with Crippen molar-refractivity contribution in [2.45, 2.75) is 6.42 Å². The molecule has 2 fully saturated rings. The van der Waals surface area contributed by atoms with Crippen LogP contribution in [-0.4, -0.2) is 49.4 Å². The maximum Gasteiger partial charge on any atom is 0.228 e. The van der Waals surface area contributed by atoms with E-state index >= 15 is 0 Å². The minimum absolute atomic E-state index is 0.0504. The van der Waals surface area contributed by atoms with E-state index in [1.165, 1.54) is 12.1 Å². The lowest BCUT2D eigenvalue weighted by atomic mass is 10.1. The summed E-state index contributed by atoms with van der Waals surface area (Å²) >= 11 is 0. The van der Waals surface area contributed by atoms with E-state index in [4.69, 9.17) is 0 Å². The molecule has 2 heterocycles. The molecule has 1 aromatic carbocycles. The van der Waals surface area contributed by atoms with Gasteiger partial charge in [0, 0.05) is 44.8 Å². The van der Waals surface area contributed by atoms with Crippen molar-refractivity contribution < 1.29 is 14.0 Å². The number of rotatable bonds is 2. The Balaban J connectivity index is 1.69. The van der Waals surface area contributed by atoms with E-state index in [9.17, 15) is 14.0 Å². The molecule has 0 saturated carbocycles. The van der Waals surface area contributed by atoms with Crippen molar-refractivity contribution in [2.75, 3.05) is 37.6 Å². The van der Waals surface area contributed by atoms with Crippen molar-refractivity contribution in [3.8, 4) is 0 Å². The molecule has 21 heavy (non-hydrogen) atoms. The minimum atomic E-state index is -0.334. The first-order valence-corrected chi connectivity index (χ1v) is 7.20. The van der Waals surface area contributed by atoms with E-state index in [-0.39, 0.29) is 30.0 Å². The van der Waals surface area contributed by atoms with Crippen LogP contribution in [-0.2, 0) is 9.59 Å². The molecule has 0 aromatic heterocycles. The van der Waals surface area contributed by atoms with Crippen LogP contribution in [0, 0.1) is 11.7 Å². The van der Waals surface area contributed by atoms with E-state index in [1.54, 1.807) is 17.0 Å². The maximum atomic E-state index is 12.9. The number of benzene rings is 1. The molecule has 1 unspecified atom stereocenters. The quantitative estimate of drug-likeness (QED) is 0.868. The van der Waals surface area contributed by atoms with Crippen molar-refractivity contribution in [3.63, 3.8) is 0 Å². The summed E-state index contributed by atoms with van der Waals surface area (Å²) < 4.78 is 12.9. The fourth-order valence-corrected chi connectivity index (χ4v) is 2.89. The average Bonchev–Trinajstić information content (AvgIpc) is 2.90. The largest absolute Gasteiger partial charge is 0.340 e. The van der Waals surface area contributed by atoms with Crippen molar-refractivity contribution >= 4 is 17.5 Å². The van der Waals surface area contributed by atoms with E-state index in [0.717, 1.165) is 13.1 Å². The molecule has 1 atom stereocenters. The van der Waals surface area contributed by atoms with Gasteiger partial charge >= 0.3 is 0 Å². The van der Waals surface area contributed by atoms with Gasteiger partial charge in [-0.2, -0.15) is 0 Å². The van der Waals surface area contributed by atoms with Gasteiger partial charge in [0.2, 0.25) is 11.8 Å². The number of hydrogen-bond donors (Lipinski definition) is 1. The summed E-state index contributed by atoms with van der Waals surface area (Å²) in [6.45, 7) is 3.37. The highest BCUT2D eigenvalue weighted by Gasteiger charge is 2.37. The monoisotopic (exact) mass is 291 g/mol. The molecular weight excluding hydrogens is 273 g/mol. The summed E-state index contributed by atoms with van der Waals surface area (Å²) in [5, 5.41) is 3.20. The summed E-state index contributed by atoms with van der Waals surface area (Å²) in [7, 11) is 0. The zero-order valence-corrected chi connectivity index (χ0v) is 11.7. The van der Waals surface area contributed by atoms with Gasteiger partial charge in [-0.1, -0.05) is 0 Å². The molecule has 2 amide bonds. The molecule has 0 aliphatic carbocycles. The SMILES string of the molecule is O=C(C1CC(=O)N(c2ccc(F)cc2)C1)N1CCNCC1. The predicted molar refractivity (Wildman–Crippen MR) is 76.3 cm³/mol. The zero-order chi connectivity index (χ0) is 14.8. The first-order valence-electron chi connectivity index (χ1n) is 7.20. The Morgan fingerprint density at radius 1 is 1.19 bits per heavy atom. The zero-order valence-electron chi connectivity index (χ0n) is 11.7. The van der Waals surface area contributed by atoms with Gasteiger partial charge in [0.05, 0.1) is 5.92 Å². The van der Waals surface area contributed by atoms with Crippen LogP contribution in [0.3, 0.4) is 0 Å². The lowest BCUT2D eigenvalue weighted by Crippen LogP contribution is -2.48. The molecule has 2 saturated heterocycles. The predicted octanol–water partition coefficient (Wildman–Crippen LogP) is 0.610. The van der Waals surface area contributed by atoms with Gasteiger partial charge in [0.25, 0.3) is 0 Å². The van der Waals surface area contributed by atoms with Gasteiger partial charge in [-0.05, 0) is 24.3 Å². The van der Waals surface area contributed by atoms with Crippen LogP contribution in [0.2, 0.25) is 0 Å². The molecule has 1 N–H and O–H groups in total. The number of carbonyl (C=O) groups is 2. The molecule has 112 valence electrons. The van der Waals surface area contributed by atoms with Gasteiger partial charge in [0.1, 0.15) is 5.82 Å². The Labute approximate surface area is 122 Å². The van der Waals surface area contributed by atoms with Gasteiger partial charge in [-0.25, -0.2) is 4.39 Å². The van der Waals surface area contributed by atoms with E-state index in [2.05, 4.69) is 5.32 Å². The highest BCUT2D eigenvalue weighted by molar-refractivity contribution is 6.00. The number of nitrogens with one attached hydrogen (secondary N) is 1. The second-order valence-electron chi connectivity index (χ2n) is 5.46. The molecule has 0 radical (unpaired) electrons. The Bertz CT molecular complexity index is 540. The van der Waals surface area contributed by atoms with E-state index in [1.807, 2.05) is 4.90 Å². The van der Waals surface area contributed by atoms with Crippen LogP contribution < -0.4 is 10.2 Å². The molecule has 0 bridgehead atoms. The Kier molecular flexibility index (Phi) is 3.88. The lowest BCUT2D eigenvalue weighted by Gasteiger charge is -2.29. The highest BCUT2D eigenvalue weighted by Crippen LogP contribution is 2.26. The van der Waals surface area contributed by atoms with E-state index < -0.39 is 0 Å². The van der Waals surface area contributed by atoms with Crippen molar-refractivity contribution in [1.29, 1.82) is 0 Å². The van der Waals surface area contributed by atoms with Crippen LogP contribution in [0.15, 0.2) is 24.3 Å². The Morgan fingerprint density at radius 2 is 1.86 bits per heavy atom. The second-order valence-corrected chi connectivity index (χ2v) is 5.46. The Hall–Kier alpha value is -1.95. The fourth-order valence-electron chi connectivity index (χ4n) is 2.89. The number of hydrogen-bond acceptors (Lipinski definition) is 3. The third kappa shape index (κ3) is 2.90. The second kappa shape index (κ2) is 5.81. The van der Waals surface area contributed by atoms with Crippen molar-refractivity contribution in [1.82, 2.24) is 10.2 Å². The number of carbonyl (C=O) groups excluding carboxylic acids is 2. The fraction of sp³-hybridized carbons (Fsp3) is 0.467. The topological polar surface area (TPSA) is 52.7 Å². The number of piperazine rings is 1. The number of amides is 2. The normalized spacial score (nSPS) is 22.7. The summed E-state index contributed by atoms with van der Waals surface area (Å²) in [4.78, 5) is 27.9. The average molecular weight is 291 g/mol. The smallest absolute Gasteiger partial charge is 0.228 e. The van der Waals surface area contributed by atoms with Crippen LogP contribution in [0.5, 0.6) is 0 Å². The van der Waals surface area contributed by atoms with Crippen LogP contribution in [0.4, 0.5) is 10.1 Å². The summed E-state index contributed by atoms with van der Waals surface area (Å²) in [6.07, 6.45) is 0.236. The first kappa shape index (κ1) is 14.0. The molecule has 5 nitrogen and oxygen atoms in total. The molecule has 2 aliphatic rings. The Morgan fingerprint density at radius 3 is 2.52 bits per heavy atom. The summed E-state index contributed by atoms with van der Waals surface area (Å²) in [6, 6.07) is 5.80. The third-order valence-electron chi connectivity index (χ3n) is 4.04. The van der Waals surface area contributed by atoms with Gasteiger partial charge < -0.3 is 15.1 Å². The molecule has 0 spiro atoms. The van der Waals surface area contributed by atoms with Crippen LogP contribution >= 0.6 is 0 Å². The number of nitrogens with zero attached hydrogens (tertiary/aromatic N) is 2. The van der Waals surface area contributed by atoms with Gasteiger partial charge in [-0.3, -0.25) is 9.59 Å². The van der Waals surface area contributed by atoms with Crippen molar-refractivity contribution in [3.05, 3.63) is 30.1 Å². The summed E-state index contributed by atoms with van der Waals surface area (Å²) in [5.41, 5.74) is 0.650. The molecule has 6 heteroatoms. The first-order chi connectivity index (χ1) is 10.1. The lowest BCUT2D eigenvalue weighted by molar-refractivity contribution is -0.136. The molecule has 2 aliphatic heterocycles. The molecule has 1 aromatic rings. The maximum absolute atomic E-state index is 12.9. The standard InChI is InChI=1S/C15H18FN3O2/c16-12-1-3-13(4-2-12)19-10-11(9-14(19)20)15(21)18-7-5-17-6-8-18/h1-4,11,17H,5-10H2. The van der Waals surface area contributed by atoms with Gasteiger partial charge in [-0.15, -0.1) is 0 Å². The van der Waals surface area contributed by atoms with Crippen LogP contribution in [0.25, 0.3) is 0 Å². The third-order valence-corrected chi connectivity index (χ3v) is 4.04. The van der Waals surface area contributed by atoms with Gasteiger partial charge in [0.15, 0.2) is 0 Å². The number of anilines is 1. The highest BCUT2D eigenvalue weighted by atomic mass is 19.1. The van der Waals surface area contributed by atoms with Crippen LogP contribution in [0.1, 0.15) is 6.42 Å². The molecule has 3 rings (SSSR count). The summed E-state index contributed by atoms with van der Waals surface area (Å²) in [5.74, 6) is -0.649. The minimum Gasteiger partial charge on any atom is -0.340 e. The molecular formula is C15H18FN3O2. The van der Waals surface area contributed by atoms with E-state index in [0.29, 0.717) is 25.3 Å².